The first-order valence-corrected chi connectivity index (χ1v) is 6.71. The first-order valence-electron chi connectivity index (χ1n) is 6.71. The van der Waals surface area contributed by atoms with Crippen LogP contribution in [0, 0.1) is 0 Å². The Morgan fingerprint density at radius 2 is 1.84 bits per heavy atom. The number of para-hydroxylation sites is 2. The van der Waals surface area contributed by atoms with E-state index in [9.17, 15) is 0 Å². The maximum absolute atomic E-state index is 4.75. The van der Waals surface area contributed by atoms with E-state index in [4.69, 9.17) is 4.98 Å². The zero-order valence-corrected chi connectivity index (χ0v) is 11.1. The highest BCUT2D eigenvalue weighted by atomic mass is 15.1. The summed E-state index contributed by atoms with van der Waals surface area (Å²) in [5, 5.41) is 0. The Bertz CT molecular complexity index is 671. The molecule has 2 aromatic heterocycles. The number of nitrogens with zero attached hydrogens (tertiary/aromatic N) is 3. The molecular weight excluding hydrogens is 234 g/mol. The average Bonchev–Trinajstić information content (AvgIpc) is 2.79. The monoisotopic (exact) mass is 251 g/mol. The second-order valence-electron chi connectivity index (χ2n) is 4.71. The molecule has 0 saturated heterocycles. The summed E-state index contributed by atoms with van der Waals surface area (Å²) < 4.78 is 2.31. The van der Waals surface area contributed by atoms with Crippen molar-refractivity contribution >= 4 is 11.0 Å². The Balaban J connectivity index is 2.07. The summed E-state index contributed by atoms with van der Waals surface area (Å²) in [6, 6.07) is 12.5. The highest BCUT2D eigenvalue weighted by molar-refractivity contribution is 5.76. The predicted octanol–water partition coefficient (Wildman–Crippen LogP) is 3.43. The molecule has 0 saturated carbocycles. The van der Waals surface area contributed by atoms with E-state index in [1.165, 1.54) is 16.9 Å². The second-order valence-corrected chi connectivity index (χ2v) is 4.71. The molecule has 0 atom stereocenters. The van der Waals surface area contributed by atoms with Gasteiger partial charge in [-0.25, -0.2) is 4.98 Å². The number of aromatic nitrogens is 3. The number of benzene rings is 1. The van der Waals surface area contributed by atoms with Gasteiger partial charge in [-0.3, -0.25) is 4.98 Å². The van der Waals surface area contributed by atoms with Crippen LogP contribution in [0.5, 0.6) is 0 Å². The molecule has 3 heteroatoms. The van der Waals surface area contributed by atoms with Gasteiger partial charge in [-0.2, -0.15) is 0 Å². The van der Waals surface area contributed by atoms with Crippen LogP contribution in [0.25, 0.3) is 11.0 Å². The highest BCUT2D eigenvalue weighted by Crippen LogP contribution is 2.18. The van der Waals surface area contributed by atoms with E-state index in [0.29, 0.717) is 0 Å². The molecule has 0 spiro atoms. The van der Waals surface area contributed by atoms with Gasteiger partial charge in [-0.1, -0.05) is 19.1 Å². The third kappa shape index (κ3) is 2.36. The molecule has 3 aromatic rings. The van der Waals surface area contributed by atoms with Crippen LogP contribution in [0.3, 0.4) is 0 Å². The van der Waals surface area contributed by atoms with Crippen LogP contribution in [-0.4, -0.2) is 14.5 Å². The smallest absolute Gasteiger partial charge is 0.110 e. The zero-order valence-electron chi connectivity index (χ0n) is 11.1. The fraction of sp³-hybridized carbons (Fsp3) is 0.250. The number of hydrogen-bond donors (Lipinski definition) is 0. The summed E-state index contributed by atoms with van der Waals surface area (Å²) in [4.78, 5) is 8.82. The number of fused-ring (bicyclic) bond motifs is 1. The van der Waals surface area contributed by atoms with Crippen LogP contribution in [0.4, 0.5) is 0 Å². The molecule has 1 aromatic carbocycles. The van der Waals surface area contributed by atoms with E-state index in [2.05, 4.69) is 46.8 Å². The van der Waals surface area contributed by atoms with Crippen molar-refractivity contribution in [3.05, 3.63) is 60.2 Å². The third-order valence-electron chi connectivity index (χ3n) is 3.30. The molecule has 0 aliphatic carbocycles. The summed E-state index contributed by atoms with van der Waals surface area (Å²) in [5.41, 5.74) is 3.55. The summed E-state index contributed by atoms with van der Waals surface area (Å²) in [6.45, 7) is 3.05. The highest BCUT2D eigenvalue weighted by Gasteiger charge is 2.09. The van der Waals surface area contributed by atoms with Crippen molar-refractivity contribution in [2.24, 2.45) is 0 Å². The molecule has 0 bridgehead atoms. The Morgan fingerprint density at radius 1 is 1.05 bits per heavy atom. The van der Waals surface area contributed by atoms with E-state index in [-0.39, 0.29) is 0 Å². The van der Waals surface area contributed by atoms with Crippen LogP contribution < -0.4 is 0 Å². The van der Waals surface area contributed by atoms with E-state index in [0.717, 1.165) is 24.9 Å². The largest absolute Gasteiger partial charge is 0.323 e. The van der Waals surface area contributed by atoms with E-state index < -0.39 is 0 Å². The predicted molar refractivity (Wildman–Crippen MR) is 77.1 cm³/mol. The molecule has 3 nitrogen and oxygen atoms in total. The summed E-state index contributed by atoms with van der Waals surface area (Å²) in [5.74, 6) is 1.17. The average molecular weight is 251 g/mol. The molecule has 2 heterocycles. The van der Waals surface area contributed by atoms with Gasteiger partial charge in [-0.15, -0.1) is 0 Å². The van der Waals surface area contributed by atoms with E-state index in [1.807, 2.05) is 18.5 Å². The molecule has 0 aliphatic rings. The van der Waals surface area contributed by atoms with Gasteiger partial charge in [-0.05, 0) is 36.2 Å². The van der Waals surface area contributed by atoms with Gasteiger partial charge in [0.05, 0.1) is 11.0 Å². The molecule has 19 heavy (non-hydrogen) atoms. The zero-order chi connectivity index (χ0) is 13.1. The Kier molecular flexibility index (Phi) is 3.27. The van der Waals surface area contributed by atoms with Crippen molar-refractivity contribution in [1.29, 1.82) is 0 Å². The Morgan fingerprint density at radius 3 is 2.63 bits per heavy atom. The number of aryl methyl sites for hydroxylation is 1. The van der Waals surface area contributed by atoms with Crippen molar-refractivity contribution in [3.8, 4) is 0 Å². The van der Waals surface area contributed by atoms with Crippen molar-refractivity contribution in [1.82, 2.24) is 14.5 Å². The third-order valence-corrected chi connectivity index (χ3v) is 3.30. The SMILES string of the molecule is CCCc1nc2ccccc2n1Cc1ccncc1. The number of rotatable bonds is 4. The summed E-state index contributed by atoms with van der Waals surface area (Å²) in [6.07, 6.45) is 5.81. The quantitative estimate of drug-likeness (QED) is 0.711. The maximum Gasteiger partial charge on any atom is 0.110 e. The normalized spacial score (nSPS) is 11.0. The molecule has 0 N–H and O–H groups in total. The second kappa shape index (κ2) is 5.22. The molecule has 0 radical (unpaired) electrons. The number of pyridine rings is 1. The van der Waals surface area contributed by atoms with Gasteiger partial charge in [0, 0.05) is 25.4 Å². The summed E-state index contributed by atoms with van der Waals surface area (Å²) in [7, 11) is 0. The molecule has 3 rings (SSSR count). The first-order chi connectivity index (χ1) is 9.38. The lowest BCUT2D eigenvalue weighted by Crippen LogP contribution is -2.05. The van der Waals surface area contributed by atoms with Gasteiger partial charge in [0.25, 0.3) is 0 Å². The van der Waals surface area contributed by atoms with Gasteiger partial charge >= 0.3 is 0 Å². The minimum Gasteiger partial charge on any atom is -0.323 e. The fourth-order valence-corrected chi connectivity index (χ4v) is 2.39. The minimum absolute atomic E-state index is 0.859. The lowest BCUT2D eigenvalue weighted by molar-refractivity contribution is 0.721. The van der Waals surface area contributed by atoms with Gasteiger partial charge in [0.15, 0.2) is 0 Å². The Hall–Kier alpha value is -2.16. The Labute approximate surface area is 112 Å². The minimum atomic E-state index is 0.859. The standard InChI is InChI=1S/C16H17N3/c1-2-5-16-18-14-6-3-4-7-15(14)19(16)12-13-8-10-17-11-9-13/h3-4,6-11H,2,5,12H2,1H3. The fourth-order valence-electron chi connectivity index (χ4n) is 2.39. The van der Waals surface area contributed by atoms with Gasteiger partial charge < -0.3 is 4.57 Å². The van der Waals surface area contributed by atoms with Crippen LogP contribution in [0.1, 0.15) is 24.7 Å². The molecule has 0 fully saturated rings. The first kappa shape index (κ1) is 11.9. The maximum atomic E-state index is 4.75. The lowest BCUT2D eigenvalue weighted by atomic mass is 10.2. The van der Waals surface area contributed by atoms with E-state index in [1.54, 1.807) is 0 Å². The van der Waals surface area contributed by atoms with Crippen LogP contribution in [0.2, 0.25) is 0 Å². The molecule has 96 valence electrons. The molecule has 0 unspecified atom stereocenters. The molecular formula is C16H17N3. The molecule has 0 aliphatic heterocycles. The lowest BCUT2D eigenvalue weighted by Gasteiger charge is -2.08. The van der Waals surface area contributed by atoms with E-state index >= 15 is 0 Å². The van der Waals surface area contributed by atoms with Crippen molar-refractivity contribution in [3.63, 3.8) is 0 Å². The van der Waals surface area contributed by atoms with Crippen LogP contribution in [-0.2, 0) is 13.0 Å². The topological polar surface area (TPSA) is 30.7 Å². The van der Waals surface area contributed by atoms with Crippen molar-refractivity contribution in [2.75, 3.05) is 0 Å². The summed E-state index contributed by atoms with van der Waals surface area (Å²) >= 11 is 0. The number of hydrogen-bond acceptors (Lipinski definition) is 2. The van der Waals surface area contributed by atoms with Crippen molar-refractivity contribution < 1.29 is 0 Å². The molecule has 0 amide bonds. The van der Waals surface area contributed by atoms with Gasteiger partial charge in [0.1, 0.15) is 5.82 Å². The van der Waals surface area contributed by atoms with Crippen LogP contribution >= 0.6 is 0 Å². The van der Waals surface area contributed by atoms with Gasteiger partial charge in [0.2, 0.25) is 0 Å². The number of imidazole rings is 1. The van der Waals surface area contributed by atoms with Crippen molar-refractivity contribution in [2.45, 2.75) is 26.3 Å². The van der Waals surface area contributed by atoms with Crippen LogP contribution in [0.15, 0.2) is 48.8 Å².